The number of allylic oxidation sites excluding steroid dienone is 10. The fourth-order valence-electron chi connectivity index (χ4n) is 7.23. The number of nitrogens with one attached hydrogen (secondary N) is 1. The van der Waals surface area contributed by atoms with E-state index in [2.05, 4.69) is 79.9 Å². The number of hydrogen-bond donors (Lipinski definition) is 5. The van der Waals surface area contributed by atoms with E-state index < -0.39 is 36.9 Å². The third-order valence-electron chi connectivity index (χ3n) is 11.2. The van der Waals surface area contributed by atoms with E-state index in [-0.39, 0.29) is 0 Å². The third kappa shape index (κ3) is 39.5. The van der Waals surface area contributed by atoms with Crippen molar-refractivity contribution >= 4 is 5.91 Å². The number of rotatable bonds is 44. The second-order valence-corrected chi connectivity index (χ2v) is 16.8. The highest BCUT2D eigenvalue weighted by molar-refractivity contribution is 5.80. The molecule has 0 saturated heterocycles. The summed E-state index contributed by atoms with van der Waals surface area (Å²) in [6.45, 7) is 4.02. The number of carbonyl (C=O) groups excluding carboxylic acids is 1. The molecule has 0 bridgehead atoms. The van der Waals surface area contributed by atoms with Crippen LogP contribution in [0.1, 0.15) is 232 Å². The lowest BCUT2D eigenvalue weighted by Crippen LogP contribution is -2.53. The standard InChI is InChI=1S/C52H95NO5/c1-3-5-7-9-11-13-15-17-19-21-23-24-25-26-27-28-30-32-34-36-38-40-42-44-46-50(56)52(58)53-48(47-54)51(57)49(55)45-43-41-39-37-35-33-31-29-22-20-18-16-14-12-10-8-6-4-2/h16,18,23-24,26-27,29,31,37,39,48-51,54-57H,3-15,17,19-22,25,28,30,32-36,38,40-47H2,1-2H3,(H,53,58)/b18-16+,24-23-,27-26-,31-29+,39-37+. The summed E-state index contributed by atoms with van der Waals surface area (Å²) in [5, 5.41) is 43.8. The van der Waals surface area contributed by atoms with Gasteiger partial charge in [0.25, 0.3) is 0 Å². The predicted octanol–water partition coefficient (Wildman–Crippen LogP) is 13.6. The highest BCUT2D eigenvalue weighted by Gasteiger charge is 2.28. The molecule has 4 atom stereocenters. The van der Waals surface area contributed by atoms with Crippen LogP contribution >= 0.6 is 0 Å². The molecule has 0 heterocycles. The minimum Gasteiger partial charge on any atom is -0.394 e. The molecule has 0 radical (unpaired) electrons. The minimum absolute atomic E-state index is 0.349. The van der Waals surface area contributed by atoms with Crippen LogP contribution in [0.15, 0.2) is 60.8 Å². The van der Waals surface area contributed by atoms with E-state index in [1.54, 1.807) is 0 Å². The van der Waals surface area contributed by atoms with Crippen LogP contribution in [0.5, 0.6) is 0 Å². The molecule has 0 aliphatic carbocycles. The zero-order chi connectivity index (χ0) is 42.4. The van der Waals surface area contributed by atoms with Gasteiger partial charge in [-0.1, -0.05) is 197 Å². The predicted molar refractivity (Wildman–Crippen MR) is 251 cm³/mol. The Morgan fingerprint density at radius 1 is 0.431 bits per heavy atom. The molecule has 0 fully saturated rings. The van der Waals surface area contributed by atoms with Gasteiger partial charge in [-0.05, 0) is 96.3 Å². The van der Waals surface area contributed by atoms with Gasteiger partial charge in [0.2, 0.25) is 5.91 Å². The fraction of sp³-hybridized carbons (Fsp3) is 0.788. The SMILES string of the molecule is CCCCCCC/C=C/CC/C=C/CC/C=C/CCCC(O)C(O)C(CO)NC(=O)C(O)CCCCCCCCCC/C=C\C/C=C\CCCCCCCCCCC. The van der Waals surface area contributed by atoms with E-state index in [0.717, 1.165) is 64.2 Å². The van der Waals surface area contributed by atoms with Crippen molar-refractivity contribution in [3.63, 3.8) is 0 Å². The second kappa shape index (κ2) is 46.1. The Kier molecular flexibility index (Phi) is 44.5. The molecular weight excluding hydrogens is 719 g/mol. The van der Waals surface area contributed by atoms with Gasteiger partial charge in [-0.25, -0.2) is 0 Å². The maximum atomic E-state index is 12.5. The van der Waals surface area contributed by atoms with Crippen molar-refractivity contribution < 1.29 is 25.2 Å². The van der Waals surface area contributed by atoms with Crippen molar-refractivity contribution in [2.75, 3.05) is 6.61 Å². The Bertz CT molecular complexity index is 1000. The van der Waals surface area contributed by atoms with Crippen LogP contribution in [0.3, 0.4) is 0 Å². The van der Waals surface area contributed by atoms with Gasteiger partial charge in [0.1, 0.15) is 12.2 Å². The molecule has 0 aromatic carbocycles. The van der Waals surface area contributed by atoms with Gasteiger partial charge in [0, 0.05) is 0 Å². The number of carbonyl (C=O) groups is 1. The number of aliphatic hydroxyl groups is 4. The number of hydrogen-bond acceptors (Lipinski definition) is 5. The highest BCUT2D eigenvalue weighted by atomic mass is 16.3. The molecule has 4 unspecified atom stereocenters. The summed E-state index contributed by atoms with van der Waals surface area (Å²) in [6, 6.07) is -1.02. The Morgan fingerprint density at radius 3 is 1.19 bits per heavy atom. The van der Waals surface area contributed by atoms with E-state index in [9.17, 15) is 25.2 Å². The molecule has 5 N–H and O–H groups in total. The summed E-state index contributed by atoms with van der Waals surface area (Å²) in [5.74, 6) is -0.605. The van der Waals surface area contributed by atoms with Crippen LogP contribution in [0.4, 0.5) is 0 Å². The van der Waals surface area contributed by atoms with Crippen LogP contribution in [0.25, 0.3) is 0 Å². The summed E-state index contributed by atoms with van der Waals surface area (Å²) < 4.78 is 0. The first-order chi connectivity index (χ1) is 28.5. The Labute approximate surface area is 359 Å². The van der Waals surface area contributed by atoms with E-state index in [4.69, 9.17) is 0 Å². The molecule has 0 aliphatic heterocycles. The Morgan fingerprint density at radius 2 is 0.776 bits per heavy atom. The first-order valence-electron chi connectivity index (χ1n) is 24.7. The molecular formula is C52H95NO5. The lowest BCUT2D eigenvalue weighted by Gasteiger charge is -2.27. The van der Waals surface area contributed by atoms with Crippen molar-refractivity contribution in [3.8, 4) is 0 Å². The van der Waals surface area contributed by atoms with Gasteiger partial charge in [0.05, 0.1) is 18.8 Å². The first-order valence-corrected chi connectivity index (χ1v) is 24.7. The smallest absolute Gasteiger partial charge is 0.249 e. The number of aliphatic hydroxyl groups excluding tert-OH is 4. The zero-order valence-corrected chi connectivity index (χ0v) is 38.0. The Balaban J connectivity index is 3.79. The van der Waals surface area contributed by atoms with Crippen LogP contribution in [0.2, 0.25) is 0 Å². The quantitative estimate of drug-likeness (QED) is 0.0311. The van der Waals surface area contributed by atoms with Crippen LogP contribution < -0.4 is 5.32 Å². The van der Waals surface area contributed by atoms with Crippen molar-refractivity contribution in [1.82, 2.24) is 5.32 Å². The first kappa shape index (κ1) is 56.0. The lowest BCUT2D eigenvalue weighted by molar-refractivity contribution is -0.132. The molecule has 0 saturated carbocycles. The van der Waals surface area contributed by atoms with Crippen molar-refractivity contribution in [3.05, 3.63) is 60.8 Å². The van der Waals surface area contributed by atoms with E-state index >= 15 is 0 Å². The topological polar surface area (TPSA) is 110 Å². The summed E-state index contributed by atoms with van der Waals surface area (Å²) >= 11 is 0. The molecule has 0 aromatic heterocycles. The zero-order valence-electron chi connectivity index (χ0n) is 38.0. The molecule has 58 heavy (non-hydrogen) atoms. The molecule has 1 amide bonds. The van der Waals surface area contributed by atoms with Gasteiger partial charge >= 0.3 is 0 Å². The minimum atomic E-state index is -1.30. The van der Waals surface area contributed by atoms with Gasteiger partial charge in [-0.2, -0.15) is 0 Å². The summed E-state index contributed by atoms with van der Waals surface area (Å²) in [5.41, 5.74) is 0. The maximum Gasteiger partial charge on any atom is 0.249 e. The highest BCUT2D eigenvalue weighted by Crippen LogP contribution is 2.15. The van der Waals surface area contributed by atoms with Gasteiger partial charge < -0.3 is 25.7 Å². The molecule has 0 aromatic rings. The van der Waals surface area contributed by atoms with Crippen molar-refractivity contribution in [2.24, 2.45) is 0 Å². The van der Waals surface area contributed by atoms with Crippen LogP contribution in [-0.4, -0.2) is 57.3 Å². The van der Waals surface area contributed by atoms with E-state index in [0.29, 0.717) is 19.3 Å². The molecule has 6 heteroatoms. The van der Waals surface area contributed by atoms with Crippen molar-refractivity contribution in [1.29, 1.82) is 0 Å². The van der Waals surface area contributed by atoms with Gasteiger partial charge in [-0.15, -0.1) is 0 Å². The number of unbranched alkanes of at least 4 members (excludes halogenated alkanes) is 25. The largest absolute Gasteiger partial charge is 0.394 e. The molecule has 338 valence electrons. The average Bonchev–Trinajstić information content (AvgIpc) is 3.23. The average molecular weight is 814 g/mol. The van der Waals surface area contributed by atoms with Crippen molar-refractivity contribution in [2.45, 2.75) is 257 Å². The summed E-state index contributed by atoms with van der Waals surface area (Å²) in [4.78, 5) is 12.5. The van der Waals surface area contributed by atoms with E-state index in [1.165, 1.54) is 135 Å². The second-order valence-electron chi connectivity index (χ2n) is 16.8. The van der Waals surface area contributed by atoms with E-state index in [1.807, 2.05) is 0 Å². The van der Waals surface area contributed by atoms with Gasteiger partial charge in [-0.3, -0.25) is 4.79 Å². The van der Waals surface area contributed by atoms with Gasteiger partial charge in [0.15, 0.2) is 0 Å². The number of amides is 1. The molecule has 0 aliphatic rings. The summed E-state index contributed by atoms with van der Waals surface area (Å²) in [7, 11) is 0. The fourth-order valence-corrected chi connectivity index (χ4v) is 7.23. The third-order valence-corrected chi connectivity index (χ3v) is 11.2. The maximum absolute atomic E-state index is 12.5. The van der Waals surface area contributed by atoms with Crippen LogP contribution in [-0.2, 0) is 4.79 Å². The lowest BCUT2D eigenvalue weighted by atomic mass is 10.00. The summed E-state index contributed by atoms with van der Waals surface area (Å²) in [6.07, 6.45) is 58.3. The molecule has 6 nitrogen and oxygen atoms in total. The monoisotopic (exact) mass is 814 g/mol. The normalized spacial score (nSPS) is 14.5. The van der Waals surface area contributed by atoms with Crippen LogP contribution in [0, 0.1) is 0 Å². The molecule has 0 rings (SSSR count). The molecule has 0 spiro atoms. The Hall–Kier alpha value is -1.99.